The molecule has 3 rings (SSSR count). The topological polar surface area (TPSA) is 35.6 Å². The monoisotopic (exact) mass is 343 g/mol. The Labute approximate surface area is 152 Å². The van der Waals surface area contributed by atoms with Crippen LogP contribution in [-0.4, -0.2) is 48.1 Å². The number of benzene rings is 1. The molecule has 2 amide bonds. The molecule has 1 N–H and O–H groups in total. The second-order valence-corrected chi connectivity index (χ2v) is 7.84. The quantitative estimate of drug-likeness (QED) is 0.809. The molecule has 138 valence electrons. The maximum Gasteiger partial charge on any atom is 0.321 e. The van der Waals surface area contributed by atoms with Crippen molar-refractivity contribution < 1.29 is 4.79 Å². The molecule has 0 radical (unpaired) electrons. The van der Waals surface area contributed by atoms with E-state index in [0.717, 1.165) is 37.9 Å². The number of anilines is 1. The molecule has 1 heterocycles. The molecule has 0 spiro atoms. The lowest BCUT2D eigenvalue weighted by Crippen LogP contribution is -2.52. The first-order valence-corrected chi connectivity index (χ1v) is 10.0. The van der Waals surface area contributed by atoms with E-state index in [2.05, 4.69) is 30.1 Å². The number of carbonyl (C=O) groups is 1. The number of urea groups is 1. The molecular weight excluding hydrogens is 310 g/mol. The largest absolute Gasteiger partial charge is 0.322 e. The Morgan fingerprint density at radius 3 is 2.28 bits per heavy atom. The normalized spacial score (nSPS) is 20.5. The minimum absolute atomic E-state index is 0.0496. The van der Waals surface area contributed by atoms with Gasteiger partial charge < -0.3 is 10.2 Å². The molecular formula is C21H33N3O. The molecule has 0 atom stereocenters. The van der Waals surface area contributed by atoms with Crippen LogP contribution in [0.2, 0.25) is 0 Å². The van der Waals surface area contributed by atoms with E-state index >= 15 is 0 Å². The molecule has 4 nitrogen and oxygen atoms in total. The molecule has 0 aromatic heterocycles. The van der Waals surface area contributed by atoms with E-state index < -0.39 is 0 Å². The standard InChI is InChI=1S/C21H33N3O/c1-17(2)19-11-7-8-12-20(19)22-21(25)24-15-13-23(14-16-24)18-9-5-3-4-6-10-18/h7-8,11-12,17-18H,3-6,9-10,13-16H2,1-2H3,(H,22,25). The highest BCUT2D eigenvalue weighted by atomic mass is 16.2. The van der Waals surface area contributed by atoms with Crippen LogP contribution in [0.4, 0.5) is 10.5 Å². The summed E-state index contributed by atoms with van der Waals surface area (Å²) in [6, 6.07) is 8.93. The van der Waals surface area contributed by atoms with Crippen molar-refractivity contribution in [3.63, 3.8) is 0 Å². The average Bonchev–Trinajstić information content (AvgIpc) is 2.91. The highest BCUT2D eigenvalue weighted by Gasteiger charge is 2.26. The third kappa shape index (κ3) is 4.75. The number of nitrogens with zero attached hydrogens (tertiary/aromatic N) is 2. The Kier molecular flexibility index (Phi) is 6.35. The first-order valence-electron chi connectivity index (χ1n) is 10.0. The zero-order valence-electron chi connectivity index (χ0n) is 15.8. The van der Waals surface area contributed by atoms with Crippen molar-refractivity contribution in [1.82, 2.24) is 9.80 Å². The van der Waals surface area contributed by atoms with Crippen molar-refractivity contribution in [2.24, 2.45) is 0 Å². The van der Waals surface area contributed by atoms with Gasteiger partial charge in [-0.3, -0.25) is 4.90 Å². The molecule has 1 aliphatic heterocycles. The molecule has 2 aliphatic rings. The van der Waals surface area contributed by atoms with Gasteiger partial charge in [-0.2, -0.15) is 0 Å². The van der Waals surface area contributed by atoms with E-state index in [-0.39, 0.29) is 6.03 Å². The fourth-order valence-electron chi connectivity index (χ4n) is 4.22. The zero-order valence-corrected chi connectivity index (χ0v) is 15.8. The number of carbonyl (C=O) groups excluding carboxylic acids is 1. The van der Waals surface area contributed by atoms with Crippen molar-refractivity contribution in [2.75, 3.05) is 31.5 Å². The predicted molar refractivity (Wildman–Crippen MR) is 104 cm³/mol. The van der Waals surface area contributed by atoms with Gasteiger partial charge in [0.15, 0.2) is 0 Å². The Hall–Kier alpha value is -1.55. The van der Waals surface area contributed by atoms with Gasteiger partial charge in [-0.25, -0.2) is 4.79 Å². The molecule has 2 fully saturated rings. The summed E-state index contributed by atoms with van der Waals surface area (Å²) in [6.45, 7) is 8.04. The van der Waals surface area contributed by atoms with Crippen LogP contribution in [0.5, 0.6) is 0 Å². The fourth-order valence-corrected chi connectivity index (χ4v) is 4.22. The third-order valence-electron chi connectivity index (χ3n) is 5.77. The summed E-state index contributed by atoms with van der Waals surface area (Å²) in [4.78, 5) is 17.3. The molecule has 4 heteroatoms. The predicted octanol–water partition coefficient (Wildman–Crippen LogP) is 4.68. The Morgan fingerprint density at radius 1 is 1.00 bits per heavy atom. The summed E-state index contributed by atoms with van der Waals surface area (Å²) in [5, 5.41) is 3.13. The SMILES string of the molecule is CC(C)c1ccccc1NC(=O)N1CCN(C2CCCCCC2)CC1. The second kappa shape index (κ2) is 8.70. The zero-order chi connectivity index (χ0) is 17.6. The smallest absolute Gasteiger partial charge is 0.321 e. The van der Waals surface area contributed by atoms with Gasteiger partial charge in [0.2, 0.25) is 0 Å². The van der Waals surface area contributed by atoms with Crippen molar-refractivity contribution in [1.29, 1.82) is 0 Å². The molecule has 1 aromatic carbocycles. The summed E-state index contributed by atoms with van der Waals surface area (Å²) in [5.41, 5.74) is 2.15. The minimum Gasteiger partial charge on any atom is -0.322 e. The lowest BCUT2D eigenvalue weighted by atomic mass is 10.0. The van der Waals surface area contributed by atoms with Crippen molar-refractivity contribution in [3.05, 3.63) is 29.8 Å². The average molecular weight is 344 g/mol. The highest BCUT2D eigenvalue weighted by molar-refractivity contribution is 5.90. The maximum atomic E-state index is 12.7. The van der Waals surface area contributed by atoms with Gasteiger partial charge in [0.1, 0.15) is 0 Å². The number of piperazine rings is 1. The van der Waals surface area contributed by atoms with Crippen LogP contribution >= 0.6 is 0 Å². The van der Waals surface area contributed by atoms with E-state index in [4.69, 9.17) is 0 Å². The number of hydrogen-bond donors (Lipinski definition) is 1. The first kappa shape index (κ1) is 18.2. The first-order chi connectivity index (χ1) is 12.1. The van der Waals surface area contributed by atoms with Gasteiger partial charge in [0.25, 0.3) is 0 Å². The van der Waals surface area contributed by atoms with Crippen molar-refractivity contribution in [2.45, 2.75) is 64.3 Å². The van der Waals surface area contributed by atoms with E-state index in [9.17, 15) is 4.79 Å². The van der Waals surface area contributed by atoms with E-state index in [1.807, 2.05) is 23.1 Å². The van der Waals surface area contributed by atoms with Crippen LogP contribution in [0.1, 0.15) is 63.9 Å². The molecule has 1 saturated carbocycles. The summed E-state index contributed by atoms with van der Waals surface area (Å²) >= 11 is 0. The number of rotatable bonds is 3. The van der Waals surface area contributed by atoms with E-state index in [1.165, 1.54) is 44.1 Å². The molecule has 0 bridgehead atoms. The fraction of sp³-hybridized carbons (Fsp3) is 0.667. The van der Waals surface area contributed by atoms with Crippen LogP contribution in [-0.2, 0) is 0 Å². The Bertz CT molecular complexity index is 556. The van der Waals surface area contributed by atoms with Crippen LogP contribution in [0, 0.1) is 0 Å². The van der Waals surface area contributed by atoms with Crippen LogP contribution in [0.25, 0.3) is 0 Å². The van der Waals surface area contributed by atoms with Crippen LogP contribution < -0.4 is 5.32 Å². The molecule has 1 aromatic rings. The van der Waals surface area contributed by atoms with Gasteiger partial charge in [0, 0.05) is 37.9 Å². The van der Waals surface area contributed by atoms with E-state index in [0.29, 0.717) is 5.92 Å². The van der Waals surface area contributed by atoms with Gasteiger partial charge in [-0.15, -0.1) is 0 Å². The van der Waals surface area contributed by atoms with Crippen LogP contribution in [0.15, 0.2) is 24.3 Å². The maximum absolute atomic E-state index is 12.7. The number of nitrogens with one attached hydrogen (secondary N) is 1. The third-order valence-corrected chi connectivity index (χ3v) is 5.77. The summed E-state index contributed by atoms with van der Waals surface area (Å²) in [6.07, 6.45) is 8.22. The Morgan fingerprint density at radius 2 is 1.64 bits per heavy atom. The molecule has 25 heavy (non-hydrogen) atoms. The summed E-state index contributed by atoms with van der Waals surface area (Å²) in [7, 11) is 0. The van der Waals surface area contributed by atoms with Crippen molar-refractivity contribution >= 4 is 11.7 Å². The van der Waals surface area contributed by atoms with Gasteiger partial charge in [-0.1, -0.05) is 57.7 Å². The lowest BCUT2D eigenvalue weighted by Gasteiger charge is -2.39. The summed E-state index contributed by atoms with van der Waals surface area (Å²) < 4.78 is 0. The van der Waals surface area contributed by atoms with Crippen LogP contribution in [0.3, 0.4) is 0 Å². The van der Waals surface area contributed by atoms with Gasteiger partial charge >= 0.3 is 6.03 Å². The highest BCUT2D eigenvalue weighted by Crippen LogP contribution is 2.25. The Balaban J connectivity index is 1.53. The second-order valence-electron chi connectivity index (χ2n) is 7.84. The number of para-hydroxylation sites is 1. The molecule has 1 aliphatic carbocycles. The number of hydrogen-bond acceptors (Lipinski definition) is 2. The molecule has 1 saturated heterocycles. The number of amides is 2. The minimum atomic E-state index is 0.0496. The molecule has 0 unspecified atom stereocenters. The lowest BCUT2D eigenvalue weighted by molar-refractivity contribution is 0.105. The van der Waals surface area contributed by atoms with Gasteiger partial charge in [-0.05, 0) is 30.4 Å². The summed E-state index contributed by atoms with van der Waals surface area (Å²) in [5.74, 6) is 0.406. The van der Waals surface area contributed by atoms with E-state index in [1.54, 1.807) is 0 Å². The van der Waals surface area contributed by atoms with Crippen molar-refractivity contribution in [3.8, 4) is 0 Å². The van der Waals surface area contributed by atoms with Gasteiger partial charge in [0.05, 0.1) is 0 Å².